The Morgan fingerprint density at radius 2 is 2.22 bits per heavy atom. The van der Waals surface area contributed by atoms with Crippen molar-refractivity contribution < 1.29 is 0 Å². The molecule has 0 fully saturated rings. The maximum absolute atomic E-state index is 2.51. The minimum absolute atomic E-state index is 0.676. The molecular formula is C22H34S. The van der Waals surface area contributed by atoms with Crippen molar-refractivity contribution in [2.45, 2.75) is 77.9 Å². The van der Waals surface area contributed by atoms with E-state index in [0.29, 0.717) is 5.25 Å². The molecule has 0 spiro atoms. The SMILES string of the molecule is CC/C(=C/C1=CCC(CCCC2=CC(C)CC2)C=C1)SC(C)C. The van der Waals surface area contributed by atoms with E-state index in [9.17, 15) is 0 Å². The molecular weight excluding hydrogens is 296 g/mol. The second-order valence-electron chi connectivity index (χ2n) is 7.42. The Balaban J connectivity index is 1.74. The molecule has 0 amide bonds. The molecule has 2 aliphatic carbocycles. The van der Waals surface area contributed by atoms with Gasteiger partial charge in [0.25, 0.3) is 0 Å². The van der Waals surface area contributed by atoms with E-state index in [1.807, 2.05) is 11.8 Å². The van der Waals surface area contributed by atoms with Gasteiger partial charge in [-0.2, -0.15) is 0 Å². The Bertz CT molecular complexity index is 490. The van der Waals surface area contributed by atoms with E-state index in [1.54, 1.807) is 5.57 Å². The van der Waals surface area contributed by atoms with Crippen LogP contribution < -0.4 is 0 Å². The minimum atomic E-state index is 0.676. The summed E-state index contributed by atoms with van der Waals surface area (Å²) in [5, 5.41) is 0.676. The van der Waals surface area contributed by atoms with Gasteiger partial charge in [0.2, 0.25) is 0 Å². The summed E-state index contributed by atoms with van der Waals surface area (Å²) in [6, 6.07) is 0. The van der Waals surface area contributed by atoms with E-state index in [0.717, 1.165) is 18.3 Å². The summed E-state index contributed by atoms with van der Waals surface area (Å²) < 4.78 is 0. The molecule has 23 heavy (non-hydrogen) atoms. The van der Waals surface area contributed by atoms with E-state index >= 15 is 0 Å². The Morgan fingerprint density at radius 3 is 2.78 bits per heavy atom. The Morgan fingerprint density at radius 1 is 1.39 bits per heavy atom. The summed E-state index contributed by atoms with van der Waals surface area (Å²) in [7, 11) is 0. The van der Waals surface area contributed by atoms with Gasteiger partial charge in [0.15, 0.2) is 0 Å². The monoisotopic (exact) mass is 330 g/mol. The van der Waals surface area contributed by atoms with Crippen molar-refractivity contribution in [1.29, 1.82) is 0 Å². The van der Waals surface area contributed by atoms with E-state index in [4.69, 9.17) is 0 Å². The van der Waals surface area contributed by atoms with Crippen molar-refractivity contribution in [2.24, 2.45) is 11.8 Å². The standard InChI is InChI=1S/C22H34S/c1-5-22(23-17(2)3)16-21-13-11-19(12-14-21)7-6-8-20-10-9-18(4)15-20/h11,13-19H,5-10,12H2,1-4H3/b22-16-. The largest absolute Gasteiger partial charge is 0.128 e. The van der Waals surface area contributed by atoms with Gasteiger partial charge < -0.3 is 0 Å². The third kappa shape index (κ3) is 6.75. The van der Waals surface area contributed by atoms with E-state index in [2.05, 4.69) is 58.1 Å². The molecule has 2 atom stereocenters. The molecule has 0 radical (unpaired) electrons. The van der Waals surface area contributed by atoms with Crippen molar-refractivity contribution in [3.63, 3.8) is 0 Å². The molecule has 0 aromatic carbocycles. The smallest absolute Gasteiger partial charge is 0.00345 e. The predicted molar refractivity (Wildman–Crippen MR) is 107 cm³/mol. The molecule has 0 bridgehead atoms. The van der Waals surface area contributed by atoms with Gasteiger partial charge in [-0.3, -0.25) is 0 Å². The normalized spacial score (nSPS) is 25.0. The van der Waals surface area contributed by atoms with Crippen LogP contribution in [-0.4, -0.2) is 5.25 Å². The minimum Gasteiger partial charge on any atom is -0.128 e. The first-order chi connectivity index (χ1) is 11.1. The summed E-state index contributed by atoms with van der Waals surface area (Å²) in [6.07, 6.45) is 21.3. The number of allylic oxidation sites excluding steroid dienone is 8. The highest BCUT2D eigenvalue weighted by molar-refractivity contribution is 8.03. The molecule has 0 saturated carbocycles. The summed E-state index contributed by atoms with van der Waals surface area (Å²) in [4.78, 5) is 1.51. The van der Waals surface area contributed by atoms with Crippen LogP contribution in [0.5, 0.6) is 0 Å². The topological polar surface area (TPSA) is 0 Å². The molecule has 0 N–H and O–H groups in total. The Hall–Kier alpha value is -0.690. The van der Waals surface area contributed by atoms with Crippen LogP contribution in [0.25, 0.3) is 0 Å². The lowest BCUT2D eigenvalue weighted by Gasteiger charge is -2.16. The lowest BCUT2D eigenvalue weighted by molar-refractivity contribution is 0.558. The first kappa shape index (κ1) is 18.6. The molecule has 0 aromatic heterocycles. The van der Waals surface area contributed by atoms with Gasteiger partial charge >= 0.3 is 0 Å². The first-order valence-electron chi connectivity index (χ1n) is 9.52. The zero-order valence-corrected chi connectivity index (χ0v) is 16.3. The third-order valence-corrected chi connectivity index (χ3v) is 5.97. The number of thioether (sulfide) groups is 1. The van der Waals surface area contributed by atoms with Gasteiger partial charge in [-0.15, -0.1) is 11.8 Å². The average molecular weight is 331 g/mol. The molecule has 0 heterocycles. The molecule has 2 aliphatic rings. The third-order valence-electron chi connectivity index (χ3n) is 4.79. The van der Waals surface area contributed by atoms with Crippen molar-refractivity contribution in [2.75, 3.05) is 0 Å². The van der Waals surface area contributed by atoms with E-state index in [-0.39, 0.29) is 0 Å². The highest BCUT2D eigenvalue weighted by Gasteiger charge is 2.13. The predicted octanol–water partition coefficient (Wildman–Crippen LogP) is 7.45. The zero-order chi connectivity index (χ0) is 16.7. The fraction of sp³-hybridized carbons (Fsp3) is 0.636. The molecule has 0 saturated heterocycles. The molecule has 2 unspecified atom stereocenters. The molecule has 2 rings (SSSR count). The van der Waals surface area contributed by atoms with Gasteiger partial charge in [-0.1, -0.05) is 57.6 Å². The lowest BCUT2D eigenvalue weighted by atomic mass is 9.91. The molecule has 1 heteroatoms. The van der Waals surface area contributed by atoms with E-state index in [1.165, 1.54) is 49.0 Å². The highest BCUT2D eigenvalue weighted by Crippen LogP contribution is 2.30. The molecule has 0 nitrogen and oxygen atoms in total. The summed E-state index contributed by atoms with van der Waals surface area (Å²) in [5.74, 6) is 1.59. The van der Waals surface area contributed by atoms with Crippen LogP contribution >= 0.6 is 11.8 Å². The van der Waals surface area contributed by atoms with Gasteiger partial charge in [-0.05, 0) is 73.3 Å². The molecule has 0 aliphatic heterocycles. The van der Waals surface area contributed by atoms with Gasteiger partial charge in [0, 0.05) is 5.25 Å². The van der Waals surface area contributed by atoms with Gasteiger partial charge in [0.05, 0.1) is 0 Å². The maximum Gasteiger partial charge on any atom is 0.00345 e. The summed E-state index contributed by atoms with van der Waals surface area (Å²) in [6.45, 7) is 9.15. The number of hydrogen-bond acceptors (Lipinski definition) is 1. The van der Waals surface area contributed by atoms with Gasteiger partial charge in [0.1, 0.15) is 0 Å². The lowest BCUT2D eigenvalue weighted by Crippen LogP contribution is -2.00. The fourth-order valence-electron chi connectivity index (χ4n) is 3.49. The van der Waals surface area contributed by atoms with Crippen LogP contribution in [0.4, 0.5) is 0 Å². The quantitative estimate of drug-likeness (QED) is 0.416. The zero-order valence-electron chi connectivity index (χ0n) is 15.5. The van der Waals surface area contributed by atoms with Crippen molar-refractivity contribution in [3.05, 3.63) is 46.4 Å². The average Bonchev–Trinajstić information content (AvgIpc) is 2.93. The van der Waals surface area contributed by atoms with Crippen LogP contribution in [0.15, 0.2) is 46.4 Å². The fourth-order valence-corrected chi connectivity index (χ4v) is 4.47. The number of rotatable bonds is 8. The number of hydrogen-bond donors (Lipinski definition) is 0. The maximum atomic E-state index is 2.51. The van der Waals surface area contributed by atoms with Gasteiger partial charge in [-0.25, -0.2) is 0 Å². The van der Waals surface area contributed by atoms with Crippen LogP contribution in [0, 0.1) is 11.8 Å². The second kappa shape index (κ2) is 9.57. The first-order valence-corrected chi connectivity index (χ1v) is 10.4. The van der Waals surface area contributed by atoms with Crippen molar-refractivity contribution in [3.8, 4) is 0 Å². The van der Waals surface area contributed by atoms with Crippen LogP contribution in [0.1, 0.15) is 72.6 Å². The second-order valence-corrected chi connectivity index (χ2v) is 9.13. The van der Waals surface area contributed by atoms with Crippen molar-refractivity contribution in [1.82, 2.24) is 0 Å². The summed E-state index contributed by atoms with van der Waals surface area (Å²) in [5.41, 5.74) is 3.13. The summed E-state index contributed by atoms with van der Waals surface area (Å²) >= 11 is 2.00. The Kier molecular flexibility index (Phi) is 7.76. The van der Waals surface area contributed by atoms with Crippen LogP contribution in [0.3, 0.4) is 0 Å². The van der Waals surface area contributed by atoms with Crippen LogP contribution in [0.2, 0.25) is 0 Å². The highest BCUT2D eigenvalue weighted by atomic mass is 32.2. The Labute approximate surface area is 148 Å². The molecule has 0 aromatic rings. The molecule has 128 valence electrons. The van der Waals surface area contributed by atoms with Crippen molar-refractivity contribution >= 4 is 11.8 Å². The van der Waals surface area contributed by atoms with Crippen LogP contribution in [-0.2, 0) is 0 Å². The van der Waals surface area contributed by atoms with E-state index < -0.39 is 0 Å².